The van der Waals surface area contributed by atoms with Crippen LogP contribution in [0.2, 0.25) is 0 Å². The Morgan fingerprint density at radius 2 is 1.70 bits per heavy atom. The Bertz CT molecular complexity index is 706. The quantitative estimate of drug-likeness (QED) is 0.704. The Labute approximate surface area is 136 Å². The van der Waals surface area contributed by atoms with Gasteiger partial charge in [-0.05, 0) is 72.9 Å². The van der Waals surface area contributed by atoms with E-state index in [1.165, 1.54) is 27.8 Å². The van der Waals surface area contributed by atoms with Gasteiger partial charge in [-0.15, -0.1) is 0 Å². The summed E-state index contributed by atoms with van der Waals surface area (Å²) in [4.78, 5) is 0. The molecule has 1 aliphatic carbocycles. The molecule has 2 aromatic carbocycles. The molecule has 2 atom stereocenters. The van der Waals surface area contributed by atoms with Crippen LogP contribution in [0.1, 0.15) is 30.5 Å². The lowest BCUT2D eigenvalue weighted by Gasteiger charge is -2.31. The zero-order chi connectivity index (χ0) is 14.7. The predicted octanol–water partition coefficient (Wildman–Crippen LogP) is 5.19. The minimum absolute atomic E-state index is 0.372. The van der Waals surface area contributed by atoms with E-state index in [-0.39, 0.29) is 5.41 Å². The van der Waals surface area contributed by atoms with Crippen LogP contribution >= 0.6 is 31.9 Å². The molecule has 1 nitrogen and oxygen atoms in total. The van der Waals surface area contributed by atoms with Crippen molar-refractivity contribution in [3.8, 4) is 11.1 Å². The third-order valence-corrected chi connectivity index (χ3v) is 5.46. The molecule has 0 saturated carbocycles. The van der Waals surface area contributed by atoms with E-state index in [2.05, 4.69) is 76.0 Å². The maximum atomic E-state index is 10.4. The molecule has 0 aliphatic heterocycles. The molecule has 0 aromatic heterocycles. The first-order valence-corrected chi connectivity index (χ1v) is 8.23. The van der Waals surface area contributed by atoms with E-state index in [0.29, 0.717) is 0 Å². The van der Waals surface area contributed by atoms with Gasteiger partial charge in [-0.25, -0.2) is 0 Å². The zero-order valence-corrected chi connectivity index (χ0v) is 14.8. The molecule has 2 unspecified atom stereocenters. The molecule has 2 aromatic rings. The van der Waals surface area contributed by atoms with Gasteiger partial charge in [-0.3, -0.25) is 0 Å². The summed E-state index contributed by atoms with van der Waals surface area (Å²) in [7, 11) is 0. The molecule has 3 rings (SSSR count). The second-order valence-electron chi connectivity index (χ2n) is 5.71. The van der Waals surface area contributed by atoms with Gasteiger partial charge in [0, 0.05) is 14.4 Å². The van der Waals surface area contributed by atoms with E-state index in [0.717, 1.165) is 8.95 Å². The Morgan fingerprint density at radius 3 is 2.35 bits per heavy atom. The maximum absolute atomic E-state index is 10.4. The van der Waals surface area contributed by atoms with E-state index in [4.69, 9.17) is 0 Å². The molecule has 3 heteroatoms. The monoisotopic (exact) mass is 394 g/mol. The molecular weight excluding hydrogens is 380 g/mol. The fraction of sp³-hybridized carbons (Fsp3) is 0.294. The van der Waals surface area contributed by atoms with Gasteiger partial charge in [0.15, 0.2) is 0 Å². The predicted molar refractivity (Wildman–Crippen MR) is 90.1 cm³/mol. The summed E-state index contributed by atoms with van der Waals surface area (Å²) < 4.78 is 2.11. The van der Waals surface area contributed by atoms with Crippen molar-refractivity contribution in [2.24, 2.45) is 0 Å². The summed E-state index contributed by atoms with van der Waals surface area (Å²) in [5.41, 5.74) is 5.76. The highest BCUT2D eigenvalue weighted by molar-refractivity contribution is 9.10. The van der Waals surface area contributed by atoms with E-state index in [1.807, 2.05) is 6.92 Å². The molecule has 104 valence electrons. The van der Waals surface area contributed by atoms with Crippen molar-refractivity contribution in [1.82, 2.24) is 0 Å². The maximum Gasteiger partial charge on any atom is 0.0647 e. The van der Waals surface area contributed by atoms with E-state index >= 15 is 0 Å². The standard InChI is InChI=1S/C17H16Br2O/c1-9-6-12(19)8-15-16(9)13-5-4-11(18)7-14(13)17(15,3)10(2)20/h4-8,10,20H,1-3H3. The van der Waals surface area contributed by atoms with Crippen LogP contribution < -0.4 is 0 Å². The lowest BCUT2D eigenvalue weighted by Crippen LogP contribution is -2.33. The van der Waals surface area contributed by atoms with E-state index < -0.39 is 6.10 Å². The Balaban J connectivity index is 2.44. The van der Waals surface area contributed by atoms with Crippen molar-refractivity contribution in [1.29, 1.82) is 0 Å². The van der Waals surface area contributed by atoms with Crippen LogP contribution in [-0.2, 0) is 5.41 Å². The van der Waals surface area contributed by atoms with Crippen LogP contribution in [0.5, 0.6) is 0 Å². The largest absolute Gasteiger partial charge is 0.392 e. The first-order chi connectivity index (χ1) is 9.35. The van der Waals surface area contributed by atoms with Crippen molar-refractivity contribution in [2.45, 2.75) is 32.3 Å². The Kier molecular flexibility index (Phi) is 3.35. The highest BCUT2D eigenvalue weighted by Crippen LogP contribution is 2.53. The summed E-state index contributed by atoms with van der Waals surface area (Å²) >= 11 is 7.14. The number of aliphatic hydroxyl groups excluding tert-OH is 1. The summed E-state index contributed by atoms with van der Waals surface area (Å²) in [6.45, 7) is 6.12. The van der Waals surface area contributed by atoms with Crippen LogP contribution in [0.3, 0.4) is 0 Å². The molecule has 0 heterocycles. The van der Waals surface area contributed by atoms with Crippen molar-refractivity contribution in [3.05, 3.63) is 56.0 Å². The lowest BCUT2D eigenvalue weighted by atomic mass is 9.76. The lowest BCUT2D eigenvalue weighted by molar-refractivity contribution is 0.131. The average Bonchev–Trinajstić information content (AvgIpc) is 2.61. The fourth-order valence-electron chi connectivity index (χ4n) is 3.27. The fourth-order valence-corrected chi connectivity index (χ4v) is 4.20. The van der Waals surface area contributed by atoms with Gasteiger partial charge in [0.1, 0.15) is 0 Å². The van der Waals surface area contributed by atoms with Gasteiger partial charge in [0.25, 0.3) is 0 Å². The first-order valence-electron chi connectivity index (χ1n) is 6.64. The molecule has 20 heavy (non-hydrogen) atoms. The van der Waals surface area contributed by atoms with Crippen molar-refractivity contribution in [2.75, 3.05) is 0 Å². The first kappa shape index (κ1) is 14.3. The number of fused-ring (bicyclic) bond motifs is 3. The number of hydrogen-bond donors (Lipinski definition) is 1. The highest BCUT2D eigenvalue weighted by Gasteiger charge is 2.43. The summed E-state index contributed by atoms with van der Waals surface area (Å²) in [6.07, 6.45) is -0.453. The molecule has 0 fully saturated rings. The molecule has 0 saturated heterocycles. The molecule has 1 aliphatic rings. The third kappa shape index (κ3) is 1.83. The number of aliphatic hydroxyl groups is 1. The average molecular weight is 396 g/mol. The minimum atomic E-state index is -0.453. The van der Waals surface area contributed by atoms with Crippen molar-refractivity contribution >= 4 is 31.9 Å². The van der Waals surface area contributed by atoms with Crippen LogP contribution in [0, 0.1) is 6.92 Å². The minimum Gasteiger partial charge on any atom is -0.392 e. The number of halogens is 2. The van der Waals surface area contributed by atoms with E-state index in [1.54, 1.807) is 0 Å². The molecule has 0 amide bonds. The molecule has 0 bridgehead atoms. The van der Waals surface area contributed by atoms with Crippen LogP contribution in [0.15, 0.2) is 39.3 Å². The van der Waals surface area contributed by atoms with Crippen molar-refractivity contribution in [3.63, 3.8) is 0 Å². The van der Waals surface area contributed by atoms with Gasteiger partial charge in [-0.1, -0.05) is 37.9 Å². The normalized spacial score (nSPS) is 21.5. The second kappa shape index (κ2) is 4.69. The van der Waals surface area contributed by atoms with Gasteiger partial charge in [0.2, 0.25) is 0 Å². The Hall–Kier alpha value is -0.640. The molecular formula is C17H16Br2O. The van der Waals surface area contributed by atoms with Gasteiger partial charge < -0.3 is 5.11 Å². The van der Waals surface area contributed by atoms with Gasteiger partial charge in [0.05, 0.1) is 6.10 Å². The highest BCUT2D eigenvalue weighted by atomic mass is 79.9. The molecule has 0 radical (unpaired) electrons. The number of benzene rings is 2. The summed E-state index contributed by atoms with van der Waals surface area (Å²) in [5, 5.41) is 10.4. The van der Waals surface area contributed by atoms with Crippen LogP contribution in [-0.4, -0.2) is 11.2 Å². The summed E-state index contributed by atoms with van der Waals surface area (Å²) in [6, 6.07) is 10.6. The number of hydrogen-bond acceptors (Lipinski definition) is 1. The SMILES string of the molecule is Cc1cc(Br)cc2c1-c1ccc(Br)cc1C2(C)C(C)O. The third-order valence-electron chi connectivity index (χ3n) is 4.51. The number of aryl methyl sites for hydroxylation is 1. The summed E-state index contributed by atoms with van der Waals surface area (Å²) in [5.74, 6) is 0. The van der Waals surface area contributed by atoms with Crippen molar-refractivity contribution < 1.29 is 5.11 Å². The zero-order valence-electron chi connectivity index (χ0n) is 11.7. The van der Waals surface area contributed by atoms with Gasteiger partial charge in [-0.2, -0.15) is 0 Å². The van der Waals surface area contributed by atoms with Gasteiger partial charge >= 0.3 is 0 Å². The topological polar surface area (TPSA) is 20.2 Å². The molecule has 1 N–H and O–H groups in total. The van der Waals surface area contributed by atoms with Crippen LogP contribution in [0.4, 0.5) is 0 Å². The smallest absolute Gasteiger partial charge is 0.0647 e. The molecule has 0 spiro atoms. The number of rotatable bonds is 1. The van der Waals surface area contributed by atoms with E-state index in [9.17, 15) is 5.11 Å². The van der Waals surface area contributed by atoms with Crippen LogP contribution in [0.25, 0.3) is 11.1 Å². The Morgan fingerprint density at radius 1 is 1.05 bits per heavy atom. The second-order valence-corrected chi connectivity index (χ2v) is 7.54.